The summed E-state index contributed by atoms with van der Waals surface area (Å²) in [4.78, 5) is 16.8. The van der Waals surface area contributed by atoms with Crippen molar-refractivity contribution in [3.8, 4) is 11.3 Å². The van der Waals surface area contributed by atoms with Crippen molar-refractivity contribution in [1.82, 2.24) is 14.9 Å². The van der Waals surface area contributed by atoms with Crippen LogP contribution in [0.2, 0.25) is 0 Å². The second-order valence-corrected chi connectivity index (χ2v) is 6.44. The number of fused-ring (bicyclic) bond motifs is 1. The highest BCUT2D eigenvalue weighted by atomic mass is 19.1. The highest BCUT2D eigenvalue weighted by molar-refractivity contribution is 6.00. The van der Waals surface area contributed by atoms with E-state index in [9.17, 15) is 9.18 Å². The maximum atomic E-state index is 13.3. The Bertz CT molecular complexity index is 946. The molecule has 4 rings (SSSR count). The number of hydrogen-bond donors (Lipinski definition) is 1. The lowest BCUT2D eigenvalue weighted by atomic mass is 9.95. The lowest BCUT2D eigenvalue weighted by Crippen LogP contribution is -2.32. The molecule has 0 aliphatic carbocycles. The molecule has 0 atom stereocenters. The molecular weight excluding hydrogens is 329 g/mol. The summed E-state index contributed by atoms with van der Waals surface area (Å²) in [6.07, 6.45) is 4.93. The number of halogens is 1. The Balaban J connectivity index is 1.94. The highest BCUT2D eigenvalue weighted by Gasteiger charge is 2.29. The second kappa shape index (κ2) is 6.75. The van der Waals surface area contributed by atoms with Gasteiger partial charge in [-0.1, -0.05) is 12.1 Å². The molecule has 2 aromatic heterocycles. The Morgan fingerprint density at radius 3 is 2.58 bits per heavy atom. The molecule has 0 spiro atoms. The molecule has 26 heavy (non-hydrogen) atoms. The highest BCUT2D eigenvalue weighted by Crippen LogP contribution is 2.35. The van der Waals surface area contributed by atoms with Gasteiger partial charge in [0, 0.05) is 49.6 Å². The maximum absolute atomic E-state index is 13.3. The zero-order valence-electron chi connectivity index (χ0n) is 14.6. The van der Waals surface area contributed by atoms with Gasteiger partial charge < -0.3 is 9.88 Å². The van der Waals surface area contributed by atoms with Crippen molar-refractivity contribution in [2.24, 2.45) is 0 Å². The van der Waals surface area contributed by atoms with Crippen molar-refractivity contribution >= 4 is 5.91 Å². The predicted molar refractivity (Wildman–Crippen MR) is 98.6 cm³/mol. The quantitative estimate of drug-likeness (QED) is 0.782. The third-order valence-electron chi connectivity index (χ3n) is 4.91. The summed E-state index contributed by atoms with van der Waals surface area (Å²) in [5, 5.41) is 2.96. The van der Waals surface area contributed by atoms with Crippen LogP contribution in [0.1, 0.15) is 34.1 Å². The molecule has 1 aromatic carbocycles. The minimum absolute atomic E-state index is 0.0223. The monoisotopic (exact) mass is 349 g/mol. The van der Waals surface area contributed by atoms with E-state index in [1.807, 2.05) is 12.1 Å². The molecule has 0 unspecified atom stereocenters. The summed E-state index contributed by atoms with van der Waals surface area (Å²) in [5.74, 6) is -0.278. The van der Waals surface area contributed by atoms with Crippen LogP contribution < -0.4 is 5.32 Å². The summed E-state index contributed by atoms with van der Waals surface area (Å²) >= 11 is 0. The SMILES string of the molecule is CCn1c2c(c(Cc3ccc(F)cc3)c1-c1ccncc1)C(=O)NCC2. The van der Waals surface area contributed by atoms with Gasteiger partial charge in [-0.2, -0.15) is 0 Å². The summed E-state index contributed by atoms with van der Waals surface area (Å²) in [6, 6.07) is 10.4. The smallest absolute Gasteiger partial charge is 0.253 e. The molecule has 4 nitrogen and oxygen atoms in total. The fraction of sp³-hybridized carbons (Fsp3) is 0.238. The Labute approximate surface area is 151 Å². The predicted octanol–water partition coefficient (Wildman–Crippen LogP) is 3.59. The number of carbonyl (C=O) groups is 1. The molecule has 3 heterocycles. The fourth-order valence-corrected chi connectivity index (χ4v) is 3.80. The van der Waals surface area contributed by atoms with Gasteiger partial charge in [0.05, 0.1) is 11.3 Å². The van der Waals surface area contributed by atoms with Crippen LogP contribution in [-0.2, 0) is 19.4 Å². The Hall–Kier alpha value is -2.95. The molecule has 1 N–H and O–H groups in total. The van der Waals surface area contributed by atoms with Gasteiger partial charge >= 0.3 is 0 Å². The van der Waals surface area contributed by atoms with Crippen LogP contribution in [0, 0.1) is 5.82 Å². The number of benzene rings is 1. The average Bonchev–Trinajstić information content (AvgIpc) is 2.99. The van der Waals surface area contributed by atoms with E-state index in [0.29, 0.717) is 13.0 Å². The Morgan fingerprint density at radius 2 is 1.88 bits per heavy atom. The lowest BCUT2D eigenvalue weighted by Gasteiger charge is -2.16. The zero-order chi connectivity index (χ0) is 18.1. The van der Waals surface area contributed by atoms with Crippen molar-refractivity contribution in [2.75, 3.05) is 6.54 Å². The third-order valence-corrected chi connectivity index (χ3v) is 4.91. The van der Waals surface area contributed by atoms with Gasteiger partial charge in [-0.25, -0.2) is 4.39 Å². The first kappa shape index (κ1) is 16.5. The summed E-state index contributed by atoms with van der Waals surface area (Å²) in [7, 11) is 0. The number of nitrogens with one attached hydrogen (secondary N) is 1. The largest absolute Gasteiger partial charge is 0.352 e. The molecule has 3 aromatic rings. The molecule has 5 heteroatoms. The van der Waals surface area contributed by atoms with E-state index in [-0.39, 0.29) is 11.7 Å². The number of aromatic nitrogens is 2. The van der Waals surface area contributed by atoms with E-state index in [4.69, 9.17) is 0 Å². The first-order valence-corrected chi connectivity index (χ1v) is 8.86. The number of rotatable bonds is 4. The summed E-state index contributed by atoms with van der Waals surface area (Å²) < 4.78 is 15.5. The first-order chi connectivity index (χ1) is 12.7. The number of nitrogens with zero attached hydrogens (tertiary/aromatic N) is 2. The van der Waals surface area contributed by atoms with Gasteiger partial charge in [0.1, 0.15) is 5.82 Å². The molecule has 0 saturated carbocycles. The lowest BCUT2D eigenvalue weighted by molar-refractivity contribution is 0.0944. The van der Waals surface area contributed by atoms with E-state index in [0.717, 1.165) is 46.6 Å². The van der Waals surface area contributed by atoms with Crippen LogP contribution in [0.25, 0.3) is 11.3 Å². The van der Waals surface area contributed by atoms with Gasteiger partial charge in [0.25, 0.3) is 5.91 Å². The van der Waals surface area contributed by atoms with Crippen LogP contribution in [-0.4, -0.2) is 22.0 Å². The van der Waals surface area contributed by atoms with E-state index >= 15 is 0 Å². The van der Waals surface area contributed by atoms with Crippen LogP contribution in [0.3, 0.4) is 0 Å². The molecule has 0 bridgehead atoms. The molecule has 132 valence electrons. The van der Waals surface area contributed by atoms with Gasteiger partial charge in [-0.05, 0) is 42.3 Å². The van der Waals surface area contributed by atoms with Crippen LogP contribution in [0.5, 0.6) is 0 Å². The fourth-order valence-electron chi connectivity index (χ4n) is 3.80. The standard InChI is InChI=1S/C21H20FN3O/c1-2-25-18-9-12-24-21(26)19(18)17(13-14-3-5-16(22)6-4-14)20(25)15-7-10-23-11-8-15/h3-8,10-11H,2,9,12-13H2,1H3,(H,24,26). The maximum Gasteiger partial charge on any atom is 0.253 e. The van der Waals surface area contributed by atoms with Gasteiger partial charge in [-0.3, -0.25) is 9.78 Å². The van der Waals surface area contributed by atoms with E-state index < -0.39 is 0 Å². The van der Waals surface area contributed by atoms with Gasteiger partial charge in [0.15, 0.2) is 0 Å². The molecule has 1 amide bonds. The van der Waals surface area contributed by atoms with E-state index in [1.165, 1.54) is 12.1 Å². The van der Waals surface area contributed by atoms with Crippen molar-refractivity contribution < 1.29 is 9.18 Å². The molecule has 0 fully saturated rings. The van der Waals surface area contributed by atoms with Gasteiger partial charge in [-0.15, -0.1) is 0 Å². The van der Waals surface area contributed by atoms with E-state index in [1.54, 1.807) is 24.5 Å². The minimum Gasteiger partial charge on any atom is -0.352 e. The molecule has 1 aliphatic rings. The summed E-state index contributed by atoms with van der Waals surface area (Å²) in [6.45, 7) is 3.54. The normalized spacial score (nSPS) is 13.4. The van der Waals surface area contributed by atoms with Crippen LogP contribution >= 0.6 is 0 Å². The minimum atomic E-state index is -0.256. The number of carbonyl (C=O) groups excluding carboxylic acids is 1. The molecule has 1 aliphatic heterocycles. The molecule has 0 saturated heterocycles. The molecular formula is C21H20FN3O. The van der Waals surface area contributed by atoms with Crippen molar-refractivity contribution in [2.45, 2.75) is 26.3 Å². The first-order valence-electron chi connectivity index (χ1n) is 8.86. The second-order valence-electron chi connectivity index (χ2n) is 6.44. The van der Waals surface area contributed by atoms with Crippen molar-refractivity contribution in [1.29, 1.82) is 0 Å². The van der Waals surface area contributed by atoms with Gasteiger partial charge in [0.2, 0.25) is 0 Å². The Morgan fingerprint density at radius 1 is 1.15 bits per heavy atom. The third kappa shape index (κ3) is 2.79. The van der Waals surface area contributed by atoms with E-state index in [2.05, 4.69) is 21.8 Å². The van der Waals surface area contributed by atoms with Crippen molar-refractivity contribution in [3.63, 3.8) is 0 Å². The number of pyridine rings is 1. The molecule has 0 radical (unpaired) electrons. The Kier molecular flexibility index (Phi) is 4.29. The number of amides is 1. The average molecular weight is 349 g/mol. The van der Waals surface area contributed by atoms with Crippen molar-refractivity contribution in [3.05, 3.63) is 77.0 Å². The summed E-state index contributed by atoms with van der Waals surface area (Å²) in [5.41, 5.74) is 5.94. The zero-order valence-corrected chi connectivity index (χ0v) is 14.6. The number of hydrogen-bond acceptors (Lipinski definition) is 2. The van der Waals surface area contributed by atoms with Crippen LogP contribution in [0.4, 0.5) is 4.39 Å². The van der Waals surface area contributed by atoms with Crippen LogP contribution in [0.15, 0.2) is 48.8 Å². The topological polar surface area (TPSA) is 46.9 Å².